The van der Waals surface area contributed by atoms with Crippen molar-refractivity contribution in [3.05, 3.63) is 60.1 Å². The number of carbonyl (C=O) groups excluding carboxylic acids is 2. The Labute approximate surface area is 158 Å². The number of furan rings is 1. The molecule has 0 spiro atoms. The first kappa shape index (κ1) is 19.1. The standard InChI is InChI=1S/C20H25N3O4/c1-15(21-20(25)18-8-5-11-27-18)19(24)22-17(16-6-3-2-4-7-16)14-23-9-12-26-13-10-23/h2-8,11,15,17H,9-10,12-14H2,1H3,(H,21,25)(H,22,24). The Morgan fingerprint density at radius 1 is 1.07 bits per heavy atom. The summed E-state index contributed by atoms with van der Waals surface area (Å²) in [5, 5.41) is 5.73. The molecule has 1 aromatic carbocycles. The SMILES string of the molecule is CC(NC(=O)c1ccco1)C(=O)NC(CN1CCOCC1)c1ccccc1. The Morgan fingerprint density at radius 3 is 2.48 bits per heavy atom. The third-order valence-corrected chi connectivity index (χ3v) is 4.55. The maximum absolute atomic E-state index is 12.7. The fourth-order valence-corrected chi connectivity index (χ4v) is 3.00. The monoisotopic (exact) mass is 371 g/mol. The number of morpholine rings is 1. The molecule has 1 aliphatic heterocycles. The lowest BCUT2D eigenvalue weighted by Crippen LogP contribution is -2.49. The van der Waals surface area contributed by atoms with Crippen LogP contribution in [0, 0.1) is 0 Å². The van der Waals surface area contributed by atoms with Gasteiger partial charge in [-0.2, -0.15) is 0 Å². The number of hydrogen-bond donors (Lipinski definition) is 2. The number of benzene rings is 1. The molecule has 2 heterocycles. The summed E-state index contributed by atoms with van der Waals surface area (Å²) in [6, 6.07) is 12.2. The van der Waals surface area contributed by atoms with Crippen molar-refractivity contribution in [2.45, 2.75) is 19.0 Å². The highest BCUT2D eigenvalue weighted by Gasteiger charge is 2.24. The smallest absolute Gasteiger partial charge is 0.287 e. The molecule has 0 bridgehead atoms. The van der Waals surface area contributed by atoms with Crippen molar-refractivity contribution in [1.82, 2.24) is 15.5 Å². The second-order valence-corrected chi connectivity index (χ2v) is 6.56. The summed E-state index contributed by atoms with van der Waals surface area (Å²) in [6.07, 6.45) is 1.42. The van der Waals surface area contributed by atoms with Crippen molar-refractivity contribution in [1.29, 1.82) is 0 Å². The van der Waals surface area contributed by atoms with Crippen molar-refractivity contribution >= 4 is 11.8 Å². The van der Waals surface area contributed by atoms with Gasteiger partial charge in [-0.15, -0.1) is 0 Å². The van der Waals surface area contributed by atoms with E-state index in [1.165, 1.54) is 6.26 Å². The van der Waals surface area contributed by atoms with Gasteiger partial charge >= 0.3 is 0 Å². The summed E-state index contributed by atoms with van der Waals surface area (Å²) in [5.74, 6) is -0.466. The Kier molecular flexibility index (Phi) is 6.62. The molecule has 2 aromatic rings. The summed E-state index contributed by atoms with van der Waals surface area (Å²) in [6.45, 7) is 5.43. The molecule has 1 saturated heterocycles. The van der Waals surface area contributed by atoms with Gasteiger partial charge in [0.25, 0.3) is 5.91 Å². The van der Waals surface area contributed by atoms with Gasteiger partial charge in [-0.1, -0.05) is 30.3 Å². The molecular formula is C20H25N3O4. The first-order valence-corrected chi connectivity index (χ1v) is 9.13. The summed E-state index contributed by atoms with van der Waals surface area (Å²) in [7, 11) is 0. The lowest BCUT2D eigenvalue weighted by molar-refractivity contribution is -0.123. The highest BCUT2D eigenvalue weighted by molar-refractivity contribution is 5.95. The first-order chi connectivity index (χ1) is 13.1. The predicted octanol–water partition coefficient (Wildman–Crippen LogP) is 1.59. The minimum Gasteiger partial charge on any atom is -0.459 e. The molecule has 2 N–H and O–H groups in total. The number of rotatable bonds is 7. The van der Waals surface area contributed by atoms with Crippen LogP contribution in [0.4, 0.5) is 0 Å². The highest BCUT2D eigenvalue weighted by atomic mass is 16.5. The minimum atomic E-state index is -0.682. The molecule has 144 valence electrons. The summed E-state index contributed by atoms with van der Waals surface area (Å²) in [5.41, 5.74) is 1.03. The van der Waals surface area contributed by atoms with Gasteiger partial charge in [0, 0.05) is 19.6 Å². The molecule has 2 unspecified atom stereocenters. The third kappa shape index (κ3) is 5.42. The summed E-state index contributed by atoms with van der Waals surface area (Å²) in [4.78, 5) is 27.0. The van der Waals surface area contributed by atoms with Crippen LogP contribution in [0.25, 0.3) is 0 Å². The van der Waals surface area contributed by atoms with E-state index in [2.05, 4.69) is 15.5 Å². The van der Waals surface area contributed by atoms with E-state index < -0.39 is 11.9 Å². The lowest BCUT2D eigenvalue weighted by atomic mass is 10.1. The second kappa shape index (κ2) is 9.34. The normalized spacial score (nSPS) is 17.1. The number of hydrogen-bond acceptors (Lipinski definition) is 5. The van der Waals surface area contributed by atoms with Crippen LogP contribution in [0.15, 0.2) is 53.1 Å². The molecule has 7 nitrogen and oxygen atoms in total. The van der Waals surface area contributed by atoms with Gasteiger partial charge in [0.05, 0.1) is 25.5 Å². The van der Waals surface area contributed by atoms with E-state index in [9.17, 15) is 9.59 Å². The van der Waals surface area contributed by atoms with Crippen LogP contribution in [0.1, 0.15) is 29.1 Å². The Hall–Kier alpha value is -2.64. The van der Waals surface area contributed by atoms with Crippen LogP contribution in [0.3, 0.4) is 0 Å². The maximum atomic E-state index is 12.7. The fourth-order valence-electron chi connectivity index (χ4n) is 3.00. The zero-order valence-electron chi connectivity index (χ0n) is 15.4. The number of carbonyl (C=O) groups is 2. The molecule has 3 rings (SSSR count). The van der Waals surface area contributed by atoms with Gasteiger partial charge in [0.2, 0.25) is 5.91 Å². The quantitative estimate of drug-likeness (QED) is 0.772. The van der Waals surface area contributed by atoms with E-state index in [1.54, 1.807) is 19.1 Å². The van der Waals surface area contributed by atoms with Gasteiger partial charge in [-0.05, 0) is 24.6 Å². The van der Waals surface area contributed by atoms with E-state index in [4.69, 9.17) is 9.15 Å². The van der Waals surface area contributed by atoms with Crippen LogP contribution >= 0.6 is 0 Å². The summed E-state index contributed by atoms with van der Waals surface area (Å²) < 4.78 is 10.5. The number of amides is 2. The number of ether oxygens (including phenoxy) is 1. The van der Waals surface area contributed by atoms with Gasteiger partial charge in [0.15, 0.2) is 5.76 Å². The average Bonchev–Trinajstić information content (AvgIpc) is 3.24. The average molecular weight is 371 g/mol. The van der Waals surface area contributed by atoms with Crippen molar-refractivity contribution in [2.24, 2.45) is 0 Å². The zero-order valence-corrected chi connectivity index (χ0v) is 15.4. The Balaban J connectivity index is 1.63. The van der Waals surface area contributed by atoms with Crippen LogP contribution in [0.5, 0.6) is 0 Å². The fraction of sp³-hybridized carbons (Fsp3) is 0.400. The maximum Gasteiger partial charge on any atom is 0.287 e. The van der Waals surface area contributed by atoms with Crippen LogP contribution in [-0.4, -0.2) is 55.6 Å². The van der Waals surface area contributed by atoms with E-state index in [-0.39, 0.29) is 17.7 Å². The molecule has 7 heteroatoms. The molecule has 2 atom stereocenters. The molecule has 1 aromatic heterocycles. The van der Waals surface area contributed by atoms with E-state index in [0.717, 1.165) is 18.7 Å². The molecule has 2 amide bonds. The topological polar surface area (TPSA) is 83.8 Å². The largest absolute Gasteiger partial charge is 0.459 e. The predicted molar refractivity (Wildman–Crippen MR) is 100 cm³/mol. The Morgan fingerprint density at radius 2 is 1.81 bits per heavy atom. The number of nitrogens with zero attached hydrogens (tertiary/aromatic N) is 1. The molecule has 1 aliphatic rings. The molecule has 0 aliphatic carbocycles. The second-order valence-electron chi connectivity index (χ2n) is 6.56. The van der Waals surface area contributed by atoms with E-state index in [1.807, 2.05) is 30.3 Å². The van der Waals surface area contributed by atoms with Crippen molar-refractivity contribution in [2.75, 3.05) is 32.8 Å². The third-order valence-electron chi connectivity index (χ3n) is 4.55. The molecular weight excluding hydrogens is 346 g/mol. The number of nitrogens with one attached hydrogen (secondary N) is 2. The van der Waals surface area contributed by atoms with Gasteiger partial charge in [-0.3, -0.25) is 14.5 Å². The van der Waals surface area contributed by atoms with Crippen LogP contribution < -0.4 is 10.6 Å². The van der Waals surface area contributed by atoms with Crippen molar-refractivity contribution < 1.29 is 18.7 Å². The summed E-state index contributed by atoms with van der Waals surface area (Å²) >= 11 is 0. The van der Waals surface area contributed by atoms with E-state index >= 15 is 0 Å². The molecule has 1 fully saturated rings. The van der Waals surface area contributed by atoms with Crippen LogP contribution in [0.2, 0.25) is 0 Å². The lowest BCUT2D eigenvalue weighted by Gasteiger charge is -2.31. The van der Waals surface area contributed by atoms with Gasteiger partial charge in [-0.25, -0.2) is 0 Å². The highest BCUT2D eigenvalue weighted by Crippen LogP contribution is 2.15. The first-order valence-electron chi connectivity index (χ1n) is 9.13. The van der Waals surface area contributed by atoms with Crippen LogP contribution in [-0.2, 0) is 9.53 Å². The zero-order chi connectivity index (χ0) is 19.1. The van der Waals surface area contributed by atoms with Gasteiger partial charge in [0.1, 0.15) is 6.04 Å². The minimum absolute atomic E-state index is 0.167. The molecule has 0 saturated carbocycles. The van der Waals surface area contributed by atoms with E-state index in [0.29, 0.717) is 19.8 Å². The van der Waals surface area contributed by atoms with Gasteiger partial charge < -0.3 is 19.8 Å². The molecule has 27 heavy (non-hydrogen) atoms. The Bertz CT molecular complexity index is 727. The molecule has 0 radical (unpaired) electrons. The van der Waals surface area contributed by atoms with Crippen molar-refractivity contribution in [3.63, 3.8) is 0 Å². The van der Waals surface area contributed by atoms with Crippen molar-refractivity contribution in [3.8, 4) is 0 Å².